The zero-order valence-corrected chi connectivity index (χ0v) is 17.3. The number of hydrogen-bond donors (Lipinski definition) is 1. The second-order valence-electron chi connectivity index (χ2n) is 6.63. The van der Waals surface area contributed by atoms with E-state index in [-0.39, 0.29) is 18.9 Å². The summed E-state index contributed by atoms with van der Waals surface area (Å²) in [5, 5.41) is 5.36. The van der Waals surface area contributed by atoms with E-state index in [1.807, 2.05) is 61.7 Å². The van der Waals surface area contributed by atoms with E-state index in [0.29, 0.717) is 11.4 Å². The molecular weight excluding hydrogens is 388 g/mol. The molecule has 2 aromatic carbocycles. The van der Waals surface area contributed by atoms with Crippen LogP contribution in [0.15, 0.2) is 47.8 Å². The molecule has 0 spiro atoms. The second kappa shape index (κ2) is 9.34. The van der Waals surface area contributed by atoms with Crippen LogP contribution >= 0.6 is 11.3 Å². The molecule has 0 aliphatic carbocycles. The number of ether oxygens (including phenoxy) is 2. The molecule has 3 rings (SSSR count). The SMILES string of the molecule is COc1ccc(-c2nc(CC(=O)OCC(=O)Nc3cc(C)cc(C)c3)cs2)cc1. The van der Waals surface area contributed by atoms with Gasteiger partial charge in [-0.1, -0.05) is 6.07 Å². The summed E-state index contributed by atoms with van der Waals surface area (Å²) in [4.78, 5) is 28.5. The van der Waals surface area contributed by atoms with Crippen LogP contribution in [0.3, 0.4) is 0 Å². The fourth-order valence-electron chi connectivity index (χ4n) is 2.84. The number of thiazole rings is 1. The average molecular weight is 410 g/mol. The smallest absolute Gasteiger partial charge is 0.312 e. The Morgan fingerprint density at radius 1 is 1.07 bits per heavy atom. The molecule has 1 heterocycles. The molecule has 0 aliphatic heterocycles. The first-order valence-corrected chi connectivity index (χ1v) is 9.93. The van der Waals surface area contributed by atoms with Gasteiger partial charge >= 0.3 is 5.97 Å². The molecule has 7 heteroatoms. The summed E-state index contributed by atoms with van der Waals surface area (Å²) in [5.74, 6) is -0.0964. The number of carbonyl (C=O) groups excluding carboxylic acids is 2. The van der Waals surface area contributed by atoms with Crippen molar-refractivity contribution in [3.05, 3.63) is 64.7 Å². The minimum atomic E-state index is -0.493. The van der Waals surface area contributed by atoms with E-state index in [4.69, 9.17) is 9.47 Å². The Morgan fingerprint density at radius 2 is 1.76 bits per heavy atom. The van der Waals surface area contributed by atoms with Crippen LogP contribution in [0.1, 0.15) is 16.8 Å². The minimum absolute atomic E-state index is 0.0173. The van der Waals surface area contributed by atoms with Gasteiger partial charge in [0.1, 0.15) is 10.8 Å². The zero-order valence-electron chi connectivity index (χ0n) is 16.5. The standard InChI is InChI=1S/C22H22N2O4S/c1-14-8-15(2)10-17(9-14)23-20(25)12-28-21(26)11-18-13-29-22(24-18)16-4-6-19(27-3)7-5-16/h4-10,13H,11-12H2,1-3H3,(H,23,25). The van der Waals surface area contributed by atoms with Gasteiger partial charge in [-0.3, -0.25) is 9.59 Å². The third-order valence-electron chi connectivity index (χ3n) is 4.08. The molecule has 6 nitrogen and oxygen atoms in total. The van der Waals surface area contributed by atoms with Crippen LogP contribution in [0.5, 0.6) is 5.75 Å². The molecule has 0 radical (unpaired) electrons. The van der Waals surface area contributed by atoms with E-state index in [1.165, 1.54) is 11.3 Å². The molecule has 0 saturated carbocycles. The van der Waals surface area contributed by atoms with Gasteiger partial charge in [-0.15, -0.1) is 11.3 Å². The van der Waals surface area contributed by atoms with Crippen LogP contribution < -0.4 is 10.1 Å². The van der Waals surface area contributed by atoms with Crippen molar-refractivity contribution >= 4 is 28.9 Å². The second-order valence-corrected chi connectivity index (χ2v) is 7.49. The Kier molecular flexibility index (Phi) is 6.61. The number of nitrogens with zero attached hydrogens (tertiary/aromatic N) is 1. The lowest BCUT2D eigenvalue weighted by atomic mass is 10.1. The average Bonchev–Trinajstić information content (AvgIpc) is 3.14. The topological polar surface area (TPSA) is 77.5 Å². The summed E-state index contributed by atoms with van der Waals surface area (Å²) in [6, 6.07) is 13.3. The van der Waals surface area contributed by atoms with E-state index in [0.717, 1.165) is 27.4 Å². The van der Waals surface area contributed by atoms with Crippen LogP contribution in [0, 0.1) is 13.8 Å². The molecule has 1 N–H and O–H groups in total. The fourth-order valence-corrected chi connectivity index (χ4v) is 3.67. The lowest BCUT2D eigenvalue weighted by molar-refractivity contribution is -0.146. The zero-order chi connectivity index (χ0) is 20.8. The van der Waals surface area contributed by atoms with Crippen LogP contribution in [-0.4, -0.2) is 30.6 Å². The first-order valence-electron chi connectivity index (χ1n) is 9.05. The number of aromatic nitrogens is 1. The van der Waals surface area contributed by atoms with Crippen LogP contribution in [0.4, 0.5) is 5.69 Å². The predicted octanol–water partition coefficient (Wildman–Crippen LogP) is 4.16. The molecule has 0 unspecified atom stereocenters. The molecule has 1 aromatic heterocycles. The monoisotopic (exact) mass is 410 g/mol. The van der Waals surface area contributed by atoms with Gasteiger partial charge < -0.3 is 14.8 Å². The Hall–Kier alpha value is -3.19. The molecule has 0 saturated heterocycles. The maximum absolute atomic E-state index is 12.1. The molecule has 1 amide bonds. The number of esters is 1. The predicted molar refractivity (Wildman–Crippen MR) is 113 cm³/mol. The fraction of sp³-hybridized carbons (Fsp3) is 0.227. The third-order valence-corrected chi connectivity index (χ3v) is 5.02. The highest BCUT2D eigenvalue weighted by atomic mass is 32.1. The molecule has 3 aromatic rings. The van der Waals surface area contributed by atoms with Gasteiger partial charge in [-0.25, -0.2) is 4.98 Å². The van der Waals surface area contributed by atoms with E-state index in [2.05, 4.69) is 10.3 Å². The largest absolute Gasteiger partial charge is 0.497 e. The van der Waals surface area contributed by atoms with E-state index < -0.39 is 5.97 Å². The number of rotatable bonds is 7. The van der Waals surface area contributed by atoms with Crippen molar-refractivity contribution in [2.24, 2.45) is 0 Å². The number of hydrogen-bond acceptors (Lipinski definition) is 6. The Morgan fingerprint density at radius 3 is 2.41 bits per heavy atom. The molecule has 29 heavy (non-hydrogen) atoms. The lowest BCUT2D eigenvalue weighted by Crippen LogP contribution is -2.21. The summed E-state index contributed by atoms with van der Waals surface area (Å²) >= 11 is 1.45. The number of aryl methyl sites for hydroxylation is 2. The van der Waals surface area contributed by atoms with E-state index >= 15 is 0 Å². The number of anilines is 1. The third kappa shape index (κ3) is 5.89. The van der Waals surface area contributed by atoms with Crippen molar-refractivity contribution in [2.45, 2.75) is 20.3 Å². The molecular formula is C22H22N2O4S. The van der Waals surface area contributed by atoms with E-state index in [1.54, 1.807) is 7.11 Å². The van der Waals surface area contributed by atoms with Crippen LogP contribution in [0.25, 0.3) is 10.6 Å². The molecule has 0 bridgehead atoms. The van der Waals surface area contributed by atoms with Gasteiger partial charge in [-0.2, -0.15) is 0 Å². The van der Waals surface area contributed by atoms with Crippen molar-refractivity contribution in [3.63, 3.8) is 0 Å². The summed E-state index contributed by atoms with van der Waals surface area (Å²) < 4.78 is 10.2. The lowest BCUT2D eigenvalue weighted by Gasteiger charge is -2.08. The first-order chi connectivity index (χ1) is 13.9. The van der Waals surface area contributed by atoms with Crippen molar-refractivity contribution < 1.29 is 19.1 Å². The molecule has 0 atom stereocenters. The maximum atomic E-state index is 12.1. The van der Waals surface area contributed by atoms with E-state index in [9.17, 15) is 9.59 Å². The molecule has 0 fully saturated rings. The number of carbonyl (C=O) groups is 2. The Labute approximate surface area is 173 Å². The molecule has 0 aliphatic rings. The van der Waals surface area contributed by atoms with Crippen molar-refractivity contribution in [1.29, 1.82) is 0 Å². The highest BCUT2D eigenvalue weighted by molar-refractivity contribution is 7.13. The Balaban J connectivity index is 1.50. The maximum Gasteiger partial charge on any atom is 0.312 e. The van der Waals surface area contributed by atoms with Gasteiger partial charge in [0.05, 0.1) is 19.2 Å². The first kappa shape index (κ1) is 20.5. The van der Waals surface area contributed by atoms with Gasteiger partial charge in [-0.05, 0) is 61.4 Å². The normalized spacial score (nSPS) is 10.4. The number of methoxy groups -OCH3 is 1. The highest BCUT2D eigenvalue weighted by Crippen LogP contribution is 2.26. The number of benzene rings is 2. The quantitative estimate of drug-likeness (QED) is 0.592. The summed E-state index contributed by atoms with van der Waals surface area (Å²) in [7, 11) is 1.62. The van der Waals surface area contributed by atoms with Gasteiger partial charge in [0.25, 0.3) is 5.91 Å². The minimum Gasteiger partial charge on any atom is -0.497 e. The summed E-state index contributed by atoms with van der Waals surface area (Å²) in [6.45, 7) is 3.58. The van der Waals surface area contributed by atoms with Crippen LogP contribution in [-0.2, 0) is 20.7 Å². The summed E-state index contributed by atoms with van der Waals surface area (Å²) in [5.41, 5.74) is 4.35. The van der Waals surface area contributed by atoms with Gasteiger partial charge in [0.2, 0.25) is 0 Å². The highest BCUT2D eigenvalue weighted by Gasteiger charge is 2.12. The number of nitrogens with one attached hydrogen (secondary N) is 1. The van der Waals surface area contributed by atoms with Crippen molar-refractivity contribution in [2.75, 3.05) is 19.0 Å². The van der Waals surface area contributed by atoms with Crippen molar-refractivity contribution in [3.8, 4) is 16.3 Å². The van der Waals surface area contributed by atoms with Gasteiger partial charge in [0.15, 0.2) is 6.61 Å². The Bertz CT molecular complexity index is 992. The van der Waals surface area contributed by atoms with Crippen LogP contribution in [0.2, 0.25) is 0 Å². The number of amides is 1. The van der Waals surface area contributed by atoms with Crippen molar-refractivity contribution in [1.82, 2.24) is 4.98 Å². The van der Waals surface area contributed by atoms with Gasteiger partial charge in [0, 0.05) is 16.6 Å². The molecule has 150 valence electrons. The summed E-state index contributed by atoms with van der Waals surface area (Å²) in [6.07, 6.45) is 0.0173.